The van der Waals surface area contributed by atoms with Crippen molar-refractivity contribution in [2.45, 2.75) is 0 Å². The minimum atomic E-state index is -0.380. The summed E-state index contributed by atoms with van der Waals surface area (Å²) in [6.07, 6.45) is 0. The van der Waals surface area contributed by atoms with E-state index < -0.39 is 0 Å². The Morgan fingerprint density at radius 1 is 1.40 bits per heavy atom. The van der Waals surface area contributed by atoms with E-state index in [0.29, 0.717) is 17.4 Å². The minimum absolute atomic E-state index is 0.304. The Morgan fingerprint density at radius 3 is 2.73 bits per heavy atom. The van der Waals surface area contributed by atoms with E-state index in [9.17, 15) is 4.39 Å². The van der Waals surface area contributed by atoms with E-state index >= 15 is 0 Å². The van der Waals surface area contributed by atoms with Crippen molar-refractivity contribution in [3.63, 3.8) is 0 Å². The molecule has 1 heterocycles. The average Bonchev–Trinajstić information content (AvgIpc) is 2.60. The molecular formula is C10H10FN3O. The minimum Gasteiger partial charge on any atom is -0.480 e. The van der Waals surface area contributed by atoms with Crippen LogP contribution < -0.4 is 10.5 Å². The first-order valence-corrected chi connectivity index (χ1v) is 4.37. The second-order valence-corrected chi connectivity index (χ2v) is 2.97. The van der Waals surface area contributed by atoms with Crippen LogP contribution in [-0.2, 0) is 0 Å². The number of ether oxygens (including phenoxy) is 1. The summed E-state index contributed by atoms with van der Waals surface area (Å²) in [5.41, 5.74) is 5.98. The van der Waals surface area contributed by atoms with Crippen molar-refractivity contribution < 1.29 is 9.13 Å². The number of para-hydroxylation sites is 1. The van der Waals surface area contributed by atoms with Gasteiger partial charge in [-0.05, 0) is 12.1 Å². The predicted molar refractivity (Wildman–Crippen MR) is 54.5 cm³/mol. The van der Waals surface area contributed by atoms with Gasteiger partial charge in [0, 0.05) is 6.07 Å². The Hall–Kier alpha value is -2.04. The molecule has 2 rings (SSSR count). The summed E-state index contributed by atoms with van der Waals surface area (Å²) in [6, 6.07) is 7.80. The molecule has 0 radical (unpaired) electrons. The van der Waals surface area contributed by atoms with Crippen molar-refractivity contribution in [3.05, 3.63) is 36.1 Å². The van der Waals surface area contributed by atoms with Crippen LogP contribution in [0, 0.1) is 5.82 Å². The summed E-state index contributed by atoms with van der Waals surface area (Å²) in [5, 5.41) is 3.99. The number of rotatable bonds is 2. The number of nitrogens with two attached hydrogens (primary N) is 1. The maximum Gasteiger partial charge on any atom is 0.235 e. The molecule has 0 bridgehead atoms. The van der Waals surface area contributed by atoms with Gasteiger partial charge in [-0.15, -0.1) is 5.10 Å². The molecule has 0 unspecified atom stereocenters. The molecule has 0 aliphatic rings. The molecule has 4 nitrogen and oxygen atoms in total. The highest BCUT2D eigenvalue weighted by Crippen LogP contribution is 2.20. The number of hydrogen-bond donors (Lipinski definition) is 1. The molecule has 0 aliphatic carbocycles. The molecule has 0 atom stereocenters. The van der Waals surface area contributed by atoms with Crippen LogP contribution in [0.1, 0.15) is 0 Å². The number of nitrogens with zero attached hydrogens (tertiary/aromatic N) is 2. The zero-order chi connectivity index (χ0) is 10.8. The first kappa shape index (κ1) is 9.51. The third kappa shape index (κ3) is 1.63. The van der Waals surface area contributed by atoms with E-state index in [1.54, 1.807) is 18.2 Å². The molecule has 0 saturated carbocycles. The van der Waals surface area contributed by atoms with Crippen molar-refractivity contribution in [1.82, 2.24) is 9.78 Å². The Balaban J connectivity index is 2.54. The van der Waals surface area contributed by atoms with Gasteiger partial charge in [-0.2, -0.15) is 0 Å². The van der Waals surface area contributed by atoms with E-state index in [1.165, 1.54) is 23.9 Å². The van der Waals surface area contributed by atoms with Crippen molar-refractivity contribution >= 4 is 5.82 Å². The lowest BCUT2D eigenvalue weighted by molar-refractivity contribution is 0.394. The van der Waals surface area contributed by atoms with Gasteiger partial charge < -0.3 is 10.5 Å². The highest BCUT2D eigenvalue weighted by molar-refractivity contribution is 5.44. The van der Waals surface area contributed by atoms with Crippen LogP contribution in [0.2, 0.25) is 0 Å². The quantitative estimate of drug-likeness (QED) is 0.813. The van der Waals surface area contributed by atoms with E-state index in [4.69, 9.17) is 10.5 Å². The van der Waals surface area contributed by atoms with Gasteiger partial charge in [0.1, 0.15) is 17.3 Å². The van der Waals surface area contributed by atoms with Crippen LogP contribution in [0.15, 0.2) is 30.3 Å². The predicted octanol–water partition coefficient (Wildman–Crippen LogP) is 1.60. The lowest BCUT2D eigenvalue weighted by Crippen LogP contribution is -2.03. The highest BCUT2D eigenvalue weighted by atomic mass is 19.1. The van der Waals surface area contributed by atoms with Crippen molar-refractivity contribution in [2.75, 3.05) is 12.8 Å². The van der Waals surface area contributed by atoms with Gasteiger partial charge in [0.05, 0.1) is 7.11 Å². The van der Waals surface area contributed by atoms with Crippen molar-refractivity contribution in [2.24, 2.45) is 0 Å². The van der Waals surface area contributed by atoms with Gasteiger partial charge >= 0.3 is 0 Å². The van der Waals surface area contributed by atoms with Crippen molar-refractivity contribution in [1.29, 1.82) is 0 Å². The molecular weight excluding hydrogens is 197 g/mol. The van der Waals surface area contributed by atoms with Gasteiger partial charge in [0.2, 0.25) is 5.88 Å². The standard InChI is InChI=1S/C10H10FN3O/c1-15-10-6-9(12)14(13-10)8-5-3-2-4-7(8)11/h2-6H,12H2,1H3. The number of benzene rings is 1. The fraction of sp³-hybridized carbons (Fsp3) is 0.100. The molecule has 0 saturated heterocycles. The van der Waals surface area contributed by atoms with Gasteiger partial charge in [-0.1, -0.05) is 12.1 Å². The zero-order valence-corrected chi connectivity index (χ0v) is 8.14. The maximum absolute atomic E-state index is 13.4. The number of nitrogen functional groups attached to an aromatic ring is 1. The molecule has 78 valence electrons. The first-order chi connectivity index (χ1) is 7.22. The fourth-order valence-corrected chi connectivity index (χ4v) is 1.29. The second kappa shape index (κ2) is 3.61. The summed E-state index contributed by atoms with van der Waals surface area (Å²) < 4.78 is 19.6. The van der Waals surface area contributed by atoms with E-state index in [2.05, 4.69) is 5.10 Å². The zero-order valence-electron chi connectivity index (χ0n) is 8.14. The third-order valence-electron chi connectivity index (χ3n) is 2.00. The van der Waals surface area contributed by atoms with Crippen LogP contribution in [0.5, 0.6) is 5.88 Å². The molecule has 1 aromatic carbocycles. The third-order valence-corrected chi connectivity index (χ3v) is 2.00. The van der Waals surface area contributed by atoms with Crippen molar-refractivity contribution in [3.8, 4) is 11.6 Å². The average molecular weight is 207 g/mol. The molecule has 2 aromatic rings. The van der Waals surface area contributed by atoms with E-state index in [-0.39, 0.29) is 5.82 Å². The molecule has 5 heteroatoms. The molecule has 1 aromatic heterocycles. The number of methoxy groups -OCH3 is 1. The van der Waals surface area contributed by atoms with Crippen LogP contribution in [0.25, 0.3) is 5.69 Å². The summed E-state index contributed by atoms with van der Waals surface area (Å²) in [4.78, 5) is 0. The molecule has 2 N–H and O–H groups in total. The van der Waals surface area contributed by atoms with Gasteiger partial charge in [0.15, 0.2) is 0 Å². The molecule has 0 amide bonds. The van der Waals surface area contributed by atoms with E-state index in [1.807, 2.05) is 0 Å². The summed E-state index contributed by atoms with van der Waals surface area (Å²) in [7, 11) is 1.48. The Morgan fingerprint density at radius 2 is 2.13 bits per heavy atom. The SMILES string of the molecule is COc1cc(N)n(-c2ccccc2F)n1. The van der Waals surface area contributed by atoms with Gasteiger partial charge in [-0.3, -0.25) is 0 Å². The van der Waals surface area contributed by atoms with Crippen LogP contribution in [0.3, 0.4) is 0 Å². The summed E-state index contributed by atoms with van der Waals surface area (Å²) >= 11 is 0. The molecule has 0 spiro atoms. The van der Waals surface area contributed by atoms with Crippen LogP contribution in [-0.4, -0.2) is 16.9 Å². The lowest BCUT2D eigenvalue weighted by Gasteiger charge is -2.03. The van der Waals surface area contributed by atoms with Gasteiger partial charge in [-0.25, -0.2) is 9.07 Å². The molecule has 15 heavy (non-hydrogen) atoms. The smallest absolute Gasteiger partial charge is 0.235 e. The Bertz CT molecular complexity index is 481. The van der Waals surface area contributed by atoms with Crippen LogP contribution in [0.4, 0.5) is 10.2 Å². The van der Waals surface area contributed by atoms with Crippen LogP contribution >= 0.6 is 0 Å². The number of anilines is 1. The largest absolute Gasteiger partial charge is 0.480 e. The monoisotopic (exact) mass is 207 g/mol. The van der Waals surface area contributed by atoms with E-state index in [0.717, 1.165) is 0 Å². The number of aromatic nitrogens is 2. The summed E-state index contributed by atoms with van der Waals surface area (Å²) in [6.45, 7) is 0. The normalized spacial score (nSPS) is 10.3. The topological polar surface area (TPSA) is 53.1 Å². The summed E-state index contributed by atoms with van der Waals surface area (Å²) in [5.74, 6) is 0.308. The van der Waals surface area contributed by atoms with Gasteiger partial charge in [0.25, 0.3) is 0 Å². The maximum atomic E-state index is 13.4. The highest BCUT2D eigenvalue weighted by Gasteiger charge is 2.10. The first-order valence-electron chi connectivity index (χ1n) is 4.37. The fourth-order valence-electron chi connectivity index (χ4n) is 1.29. The number of hydrogen-bond acceptors (Lipinski definition) is 3. The lowest BCUT2D eigenvalue weighted by atomic mass is 10.3. The Kier molecular flexibility index (Phi) is 2.29. The number of halogens is 1. The Labute approximate surface area is 86.1 Å². The second-order valence-electron chi connectivity index (χ2n) is 2.97. The molecule has 0 fully saturated rings. The molecule has 0 aliphatic heterocycles.